The maximum Gasteiger partial charge on any atom is 0.402 e. The number of rotatable bonds is 4. The van der Waals surface area contributed by atoms with Gasteiger partial charge in [-0.15, -0.1) is 0 Å². The Bertz CT molecular complexity index is 1950. The molecule has 43 heavy (non-hydrogen) atoms. The number of nitrogens with zero attached hydrogens (tertiary/aromatic N) is 2. The molecule has 1 atom stereocenters. The van der Waals surface area contributed by atoms with E-state index >= 15 is 0 Å². The molecule has 3 aromatic rings. The van der Waals surface area contributed by atoms with Crippen LogP contribution in [0.1, 0.15) is 81.7 Å². The van der Waals surface area contributed by atoms with E-state index < -0.39 is 55.8 Å². The normalized spacial score (nSPS) is 16.6. The zero-order valence-electron chi connectivity index (χ0n) is 23.8. The van der Waals surface area contributed by atoms with Gasteiger partial charge < -0.3 is 0 Å². The van der Waals surface area contributed by atoms with Gasteiger partial charge in [-0.25, -0.2) is 4.90 Å². The number of carbonyl (C=O) groups is 4. The number of carbonyl (C=O) groups excluding carboxylic acids is 4. The number of hydrogen-bond donors (Lipinski definition) is 1. The van der Waals surface area contributed by atoms with Crippen LogP contribution in [0.15, 0.2) is 41.3 Å². The monoisotopic (exact) mass is 614 g/mol. The van der Waals surface area contributed by atoms with Crippen LogP contribution in [0, 0.1) is 27.7 Å². The third-order valence-corrected chi connectivity index (χ3v) is 9.82. The maximum absolute atomic E-state index is 14.9. The molecule has 0 spiro atoms. The second-order valence-electron chi connectivity index (χ2n) is 10.9. The van der Waals surface area contributed by atoms with Crippen LogP contribution in [0.2, 0.25) is 0 Å². The topological polar surface area (TPSA) is 129 Å². The van der Waals surface area contributed by atoms with E-state index in [4.69, 9.17) is 0 Å². The molecule has 4 amide bonds. The summed E-state index contributed by atoms with van der Waals surface area (Å²) in [5, 5.41) is 0. The minimum Gasteiger partial charge on any atom is -0.282 e. The Hall–Kier alpha value is -4.36. The zero-order chi connectivity index (χ0) is 32.1. The van der Waals surface area contributed by atoms with Crippen LogP contribution in [0.3, 0.4) is 0 Å². The summed E-state index contributed by atoms with van der Waals surface area (Å²) in [5.41, 5.74) is -3.45. The minimum absolute atomic E-state index is 0.0328. The van der Waals surface area contributed by atoms with Crippen LogP contribution in [-0.2, 0) is 15.5 Å². The van der Waals surface area contributed by atoms with Gasteiger partial charge in [-0.05, 0) is 92.3 Å². The van der Waals surface area contributed by atoms with Crippen LogP contribution in [0.25, 0.3) is 0 Å². The Balaban J connectivity index is 1.68. The molecule has 1 N–H and O–H groups in total. The first-order valence-electron chi connectivity index (χ1n) is 12.9. The van der Waals surface area contributed by atoms with Crippen molar-refractivity contribution < 1.29 is 45.3 Å². The van der Waals surface area contributed by atoms with E-state index in [2.05, 4.69) is 0 Å². The Morgan fingerprint density at radius 1 is 0.674 bits per heavy atom. The minimum atomic E-state index is -4.95. The highest BCUT2D eigenvalue weighted by atomic mass is 32.2. The van der Waals surface area contributed by atoms with E-state index in [-0.39, 0.29) is 44.6 Å². The third-order valence-electron chi connectivity index (χ3n) is 8.70. The SMILES string of the molecule is Cc1c(C)c(N2C(=O)c3ccc(C(C)(c4ccc5c(c4)C(=O)N(C)C5=O)C(F)(F)F)cc3C2=O)c(C)c(S(=O)(=O)O)c1C. The van der Waals surface area contributed by atoms with E-state index in [9.17, 15) is 45.3 Å². The predicted molar refractivity (Wildman–Crippen MR) is 148 cm³/mol. The second-order valence-corrected chi connectivity index (χ2v) is 12.3. The number of anilines is 1. The molecule has 0 saturated heterocycles. The van der Waals surface area contributed by atoms with E-state index in [0.29, 0.717) is 16.0 Å². The molecule has 1 unspecified atom stereocenters. The Labute approximate surface area is 244 Å². The lowest BCUT2D eigenvalue weighted by Crippen LogP contribution is -2.41. The summed E-state index contributed by atoms with van der Waals surface area (Å²) in [6.45, 7) is 6.78. The largest absolute Gasteiger partial charge is 0.402 e. The van der Waals surface area contributed by atoms with E-state index in [1.54, 1.807) is 13.8 Å². The summed E-state index contributed by atoms with van der Waals surface area (Å²) in [6, 6.07) is 6.39. The third kappa shape index (κ3) is 4.05. The molecule has 0 aromatic heterocycles. The first-order valence-corrected chi connectivity index (χ1v) is 14.3. The van der Waals surface area contributed by atoms with Gasteiger partial charge in [0.2, 0.25) is 0 Å². The Morgan fingerprint density at radius 3 is 1.60 bits per heavy atom. The van der Waals surface area contributed by atoms with Crippen molar-refractivity contribution in [1.29, 1.82) is 0 Å². The fraction of sp³-hybridized carbons (Fsp3) is 0.267. The quantitative estimate of drug-likeness (QED) is 0.321. The Morgan fingerprint density at radius 2 is 1.12 bits per heavy atom. The molecule has 3 aromatic carbocycles. The molecule has 0 radical (unpaired) electrons. The summed E-state index contributed by atoms with van der Waals surface area (Å²) in [5.74, 6) is -3.24. The lowest BCUT2D eigenvalue weighted by atomic mass is 9.74. The zero-order valence-corrected chi connectivity index (χ0v) is 24.6. The van der Waals surface area contributed by atoms with Gasteiger partial charge in [0.15, 0.2) is 0 Å². The second kappa shape index (κ2) is 9.32. The summed E-state index contributed by atoms with van der Waals surface area (Å²) in [4.78, 5) is 53.1. The van der Waals surface area contributed by atoms with Gasteiger partial charge in [-0.2, -0.15) is 21.6 Å². The standard InChI is InChI=1S/C30H25F3N2O7S/c1-13-14(2)23(16(4)24(15(13)3)43(40,41)42)35-27(38)20-10-8-18(12-22(20)28(35)39)29(5,30(31,32)33)17-7-9-19-21(11-17)26(37)34(6)25(19)36/h7-12H,1-6H3,(H,40,41,42). The lowest BCUT2D eigenvalue weighted by molar-refractivity contribution is -0.173. The van der Waals surface area contributed by atoms with Crippen LogP contribution in [-0.4, -0.2) is 54.7 Å². The number of hydrogen-bond acceptors (Lipinski definition) is 6. The van der Waals surface area contributed by atoms with Crippen molar-refractivity contribution in [1.82, 2.24) is 4.90 Å². The summed E-state index contributed by atoms with van der Waals surface area (Å²) in [7, 11) is -3.55. The number of benzene rings is 3. The van der Waals surface area contributed by atoms with Crippen LogP contribution >= 0.6 is 0 Å². The van der Waals surface area contributed by atoms with Crippen LogP contribution in [0.4, 0.5) is 18.9 Å². The van der Waals surface area contributed by atoms with Crippen molar-refractivity contribution in [2.75, 3.05) is 11.9 Å². The van der Waals surface area contributed by atoms with Crippen LogP contribution in [0.5, 0.6) is 0 Å². The predicted octanol–water partition coefficient (Wildman–Crippen LogP) is 5.06. The summed E-state index contributed by atoms with van der Waals surface area (Å²) in [6.07, 6.45) is -4.95. The molecule has 13 heteroatoms. The van der Waals surface area contributed by atoms with Gasteiger partial charge in [-0.1, -0.05) is 12.1 Å². The van der Waals surface area contributed by atoms with Crippen LogP contribution < -0.4 is 4.90 Å². The van der Waals surface area contributed by atoms with Crippen molar-refractivity contribution in [2.24, 2.45) is 0 Å². The molecule has 2 aliphatic heterocycles. The van der Waals surface area contributed by atoms with Crippen molar-refractivity contribution in [3.8, 4) is 0 Å². The fourth-order valence-corrected chi connectivity index (χ4v) is 6.97. The van der Waals surface area contributed by atoms with E-state index in [0.717, 1.165) is 48.2 Å². The smallest absolute Gasteiger partial charge is 0.282 e. The number of alkyl halides is 3. The van der Waals surface area contributed by atoms with E-state index in [1.165, 1.54) is 20.9 Å². The van der Waals surface area contributed by atoms with Gasteiger partial charge in [0.25, 0.3) is 33.7 Å². The van der Waals surface area contributed by atoms with Gasteiger partial charge in [0.1, 0.15) is 10.3 Å². The lowest BCUT2D eigenvalue weighted by Gasteiger charge is -2.33. The molecule has 0 saturated carbocycles. The number of amides is 4. The molecule has 2 aliphatic rings. The molecular weight excluding hydrogens is 589 g/mol. The fourth-order valence-electron chi connectivity index (χ4n) is 5.94. The van der Waals surface area contributed by atoms with Crippen molar-refractivity contribution in [3.63, 3.8) is 0 Å². The highest BCUT2D eigenvalue weighted by Crippen LogP contribution is 2.48. The van der Waals surface area contributed by atoms with E-state index in [1.807, 2.05) is 0 Å². The average Bonchev–Trinajstić information content (AvgIpc) is 3.29. The van der Waals surface area contributed by atoms with Crippen molar-refractivity contribution in [2.45, 2.75) is 51.1 Å². The molecule has 0 bridgehead atoms. The molecule has 9 nitrogen and oxygen atoms in total. The van der Waals surface area contributed by atoms with Gasteiger partial charge in [-0.3, -0.25) is 28.6 Å². The highest BCUT2D eigenvalue weighted by molar-refractivity contribution is 7.86. The summed E-state index contributed by atoms with van der Waals surface area (Å²) >= 11 is 0. The molecular formula is C30H25F3N2O7S. The molecule has 0 aliphatic carbocycles. The van der Waals surface area contributed by atoms with Crippen molar-refractivity contribution in [3.05, 3.63) is 92.0 Å². The van der Waals surface area contributed by atoms with Gasteiger partial charge in [0, 0.05) is 7.05 Å². The number of halogens is 3. The molecule has 224 valence electrons. The molecule has 2 heterocycles. The average molecular weight is 615 g/mol. The van der Waals surface area contributed by atoms with Crippen molar-refractivity contribution >= 4 is 39.4 Å². The molecule has 5 rings (SSSR count). The number of imide groups is 2. The van der Waals surface area contributed by atoms with Gasteiger partial charge >= 0.3 is 6.18 Å². The summed E-state index contributed by atoms with van der Waals surface area (Å²) < 4.78 is 79.0. The molecule has 0 fully saturated rings. The first kappa shape index (κ1) is 30.1. The number of fused-ring (bicyclic) bond motifs is 2. The highest BCUT2D eigenvalue weighted by Gasteiger charge is 2.55. The van der Waals surface area contributed by atoms with Gasteiger partial charge in [0.05, 0.1) is 27.9 Å². The first-order chi connectivity index (χ1) is 19.7. The Kier molecular flexibility index (Phi) is 6.52. The maximum atomic E-state index is 14.9.